The Bertz CT molecular complexity index is 2700. The van der Waals surface area contributed by atoms with Gasteiger partial charge < -0.3 is 9.47 Å². The van der Waals surface area contributed by atoms with E-state index in [-0.39, 0.29) is 0 Å². The predicted molar refractivity (Wildman–Crippen MR) is 242 cm³/mol. The number of allylic oxidation sites excluding steroid dienone is 4. The Hall–Kier alpha value is -6.64. The Balaban J connectivity index is 0.000000533. The van der Waals surface area contributed by atoms with E-state index >= 15 is 0 Å². The van der Waals surface area contributed by atoms with Crippen LogP contribution in [0.4, 0.5) is 11.4 Å². The van der Waals surface area contributed by atoms with Crippen molar-refractivity contribution in [3.8, 4) is 27.9 Å². The molecule has 0 fully saturated rings. The zero-order valence-electron chi connectivity index (χ0n) is 32.4. The first-order valence-electron chi connectivity index (χ1n) is 19.1. The largest absolute Gasteiger partial charge is 0.345 e. The molecule has 0 amide bonds. The van der Waals surface area contributed by atoms with Crippen LogP contribution in [0.1, 0.15) is 27.7 Å². The number of fused-ring (bicyclic) bond motifs is 8. The molecule has 2 heteroatoms. The van der Waals surface area contributed by atoms with E-state index in [1.165, 1.54) is 82.7 Å². The van der Waals surface area contributed by atoms with Crippen LogP contribution in [0.3, 0.4) is 0 Å². The highest BCUT2D eigenvalue weighted by Gasteiger charge is 2.19. The summed E-state index contributed by atoms with van der Waals surface area (Å²) in [4.78, 5) is 2.21. The normalized spacial score (nSPS) is 11.2. The maximum absolute atomic E-state index is 2.45. The second-order valence-electron chi connectivity index (χ2n) is 13.6. The number of aromatic nitrogens is 1. The third kappa shape index (κ3) is 7.45. The standard InChI is InChI=1S/C45H32N2.2C4H8/c1-46(35-12-4-2-5-13-35)36-27-24-32(25-28-36)31-20-22-33(23-21-31)34-26-29-43-42(30-34)44-40-18-10-8-16-38(40)39-17-9-11-19-41(39)45(44)47(43)37-14-6-3-7-15-37;2*1-3-4-2/h2-30H,1H3;2*3-4H,1-2H3/b;2*4-3-. The lowest BCUT2D eigenvalue weighted by atomic mass is 9.95. The molecule has 0 aliphatic rings. The van der Waals surface area contributed by atoms with Gasteiger partial charge in [-0.3, -0.25) is 0 Å². The van der Waals surface area contributed by atoms with Crippen LogP contribution >= 0.6 is 0 Å². The van der Waals surface area contributed by atoms with Crippen LogP contribution in [0.25, 0.3) is 71.3 Å². The lowest BCUT2D eigenvalue weighted by Crippen LogP contribution is -2.08. The fraction of sp³-hybridized carbons (Fsp3) is 0.0943. The maximum atomic E-state index is 2.45. The lowest BCUT2D eigenvalue weighted by Gasteiger charge is -2.19. The molecule has 0 radical (unpaired) electrons. The van der Waals surface area contributed by atoms with Gasteiger partial charge in [0.05, 0.1) is 11.0 Å². The highest BCUT2D eigenvalue weighted by Crippen LogP contribution is 2.43. The van der Waals surface area contributed by atoms with Crippen molar-refractivity contribution in [2.75, 3.05) is 11.9 Å². The van der Waals surface area contributed by atoms with Crippen LogP contribution in [0.2, 0.25) is 0 Å². The summed E-state index contributed by atoms with van der Waals surface area (Å²) in [5.41, 5.74) is 10.8. The number of hydrogen-bond acceptors (Lipinski definition) is 1. The van der Waals surface area contributed by atoms with Crippen molar-refractivity contribution in [2.24, 2.45) is 0 Å². The summed E-state index contributed by atoms with van der Waals surface area (Å²) in [6, 6.07) is 63.7. The van der Waals surface area contributed by atoms with Gasteiger partial charge in [-0.15, -0.1) is 0 Å². The molecule has 0 aliphatic carbocycles. The molecule has 1 aromatic heterocycles. The van der Waals surface area contributed by atoms with Gasteiger partial charge in [0.1, 0.15) is 0 Å². The Morgan fingerprint density at radius 1 is 0.382 bits per heavy atom. The summed E-state index contributed by atoms with van der Waals surface area (Å²) in [6.45, 7) is 8.00. The maximum Gasteiger partial charge on any atom is 0.0625 e. The highest BCUT2D eigenvalue weighted by molar-refractivity contribution is 6.32. The molecule has 55 heavy (non-hydrogen) atoms. The number of nitrogens with zero attached hydrogens (tertiary/aromatic N) is 2. The van der Waals surface area contributed by atoms with Crippen molar-refractivity contribution in [2.45, 2.75) is 27.7 Å². The number of para-hydroxylation sites is 2. The molecular weight excluding hydrogens is 665 g/mol. The summed E-state index contributed by atoms with van der Waals surface area (Å²) in [5.74, 6) is 0. The topological polar surface area (TPSA) is 8.17 Å². The Labute approximate surface area is 325 Å². The van der Waals surface area contributed by atoms with Crippen molar-refractivity contribution in [3.63, 3.8) is 0 Å². The van der Waals surface area contributed by atoms with Gasteiger partial charge in [0.15, 0.2) is 0 Å². The average Bonchev–Trinajstić information content (AvgIpc) is 3.62. The second kappa shape index (κ2) is 17.0. The SMILES string of the molecule is C/C=C\C.C/C=C\C.CN(c1ccccc1)c1ccc(-c2ccc(-c3ccc4c(c3)c3c5ccccc5c5ccccc5c3n4-c3ccccc3)cc2)cc1. The molecule has 0 bridgehead atoms. The van der Waals surface area contributed by atoms with E-state index in [1.54, 1.807) is 0 Å². The Morgan fingerprint density at radius 3 is 1.36 bits per heavy atom. The summed E-state index contributed by atoms with van der Waals surface area (Å²) in [6.07, 6.45) is 8.00. The minimum Gasteiger partial charge on any atom is -0.345 e. The molecule has 2 nitrogen and oxygen atoms in total. The van der Waals surface area contributed by atoms with Crippen molar-refractivity contribution >= 4 is 54.7 Å². The van der Waals surface area contributed by atoms with Crippen molar-refractivity contribution < 1.29 is 0 Å². The predicted octanol–water partition coefficient (Wildman–Crippen LogP) is 15.4. The van der Waals surface area contributed by atoms with E-state index < -0.39 is 0 Å². The van der Waals surface area contributed by atoms with Crippen molar-refractivity contribution in [3.05, 3.63) is 200 Å². The third-order valence-corrected chi connectivity index (χ3v) is 10.3. The molecular formula is C53H48N2. The van der Waals surface area contributed by atoms with Gasteiger partial charge in [0.2, 0.25) is 0 Å². The molecule has 0 aliphatic heterocycles. The van der Waals surface area contributed by atoms with E-state index in [2.05, 4.69) is 192 Å². The molecule has 0 unspecified atom stereocenters. The first-order chi connectivity index (χ1) is 27.1. The molecule has 0 atom stereocenters. The molecule has 9 rings (SSSR count). The minimum absolute atomic E-state index is 1.17. The molecule has 270 valence electrons. The second-order valence-corrected chi connectivity index (χ2v) is 13.6. The minimum atomic E-state index is 1.17. The summed E-state index contributed by atoms with van der Waals surface area (Å²) < 4.78 is 2.45. The summed E-state index contributed by atoms with van der Waals surface area (Å²) in [7, 11) is 2.11. The molecule has 0 N–H and O–H groups in total. The van der Waals surface area contributed by atoms with E-state index in [4.69, 9.17) is 0 Å². The summed E-state index contributed by atoms with van der Waals surface area (Å²) in [5, 5.41) is 7.70. The van der Waals surface area contributed by atoms with Crippen LogP contribution < -0.4 is 4.90 Å². The monoisotopic (exact) mass is 712 g/mol. The molecule has 9 aromatic rings. The Kier molecular flexibility index (Phi) is 11.4. The van der Waals surface area contributed by atoms with E-state index in [0.717, 1.165) is 0 Å². The zero-order chi connectivity index (χ0) is 38.1. The first-order valence-corrected chi connectivity index (χ1v) is 19.1. The first kappa shape index (κ1) is 36.7. The van der Waals surface area contributed by atoms with Crippen molar-refractivity contribution in [1.82, 2.24) is 4.57 Å². The van der Waals surface area contributed by atoms with E-state index in [9.17, 15) is 0 Å². The molecule has 1 heterocycles. The molecule has 8 aromatic carbocycles. The molecule has 0 saturated heterocycles. The van der Waals surface area contributed by atoms with Gasteiger partial charge in [-0.25, -0.2) is 0 Å². The molecule has 0 spiro atoms. The average molecular weight is 713 g/mol. The van der Waals surface area contributed by atoms with Gasteiger partial charge in [-0.05, 0) is 115 Å². The Morgan fingerprint density at radius 2 is 0.800 bits per heavy atom. The molecule has 0 saturated carbocycles. The third-order valence-electron chi connectivity index (χ3n) is 10.3. The van der Waals surface area contributed by atoms with Crippen molar-refractivity contribution in [1.29, 1.82) is 0 Å². The van der Waals surface area contributed by atoms with Gasteiger partial charge in [-0.2, -0.15) is 0 Å². The van der Waals surface area contributed by atoms with Crippen LogP contribution in [0.15, 0.2) is 200 Å². The number of benzene rings is 8. The van der Waals surface area contributed by atoms with E-state index in [1.807, 2.05) is 52.0 Å². The highest BCUT2D eigenvalue weighted by atomic mass is 15.1. The van der Waals surface area contributed by atoms with E-state index in [0.29, 0.717) is 0 Å². The van der Waals surface area contributed by atoms with Crippen LogP contribution in [-0.4, -0.2) is 11.6 Å². The summed E-state index contributed by atoms with van der Waals surface area (Å²) >= 11 is 0. The zero-order valence-corrected chi connectivity index (χ0v) is 32.4. The van der Waals surface area contributed by atoms with Gasteiger partial charge in [-0.1, -0.05) is 152 Å². The van der Waals surface area contributed by atoms with Crippen LogP contribution in [0, 0.1) is 0 Å². The number of anilines is 2. The van der Waals surface area contributed by atoms with Crippen LogP contribution in [-0.2, 0) is 0 Å². The number of hydrogen-bond donors (Lipinski definition) is 0. The van der Waals surface area contributed by atoms with Gasteiger partial charge in [0, 0.05) is 40.3 Å². The fourth-order valence-corrected chi connectivity index (χ4v) is 7.24. The smallest absolute Gasteiger partial charge is 0.0625 e. The quantitative estimate of drug-likeness (QED) is 0.127. The van der Waals surface area contributed by atoms with Gasteiger partial charge in [0.25, 0.3) is 0 Å². The number of rotatable bonds is 5. The van der Waals surface area contributed by atoms with Gasteiger partial charge >= 0.3 is 0 Å². The fourth-order valence-electron chi connectivity index (χ4n) is 7.24. The lowest BCUT2D eigenvalue weighted by molar-refractivity contribution is 1.19. The van der Waals surface area contributed by atoms with Crippen LogP contribution in [0.5, 0.6) is 0 Å².